The van der Waals surface area contributed by atoms with E-state index in [1.54, 1.807) is 4.68 Å². The zero-order valence-electron chi connectivity index (χ0n) is 16.0. The van der Waals surface area contributed by atoms with E-state index in [4.69, 9.17) is 9.88 Å². The third-order valence-electron chi connectivity index (χ3n) is 5.74. The van der Waals surface area contributed by atoms with Gasteiger partial charge in [0.2, 0.25) is 5.88 Å². The van der Waals surface area contributed by atoms with Gasteiger partial charge in [0.15, 0.2) is 9.92 Å². The first kappa shape index (κ1) is 18.6. The first-order valence-corrected chi connectivity index (χ1v) is 11.3. The summed E-state index contributed by atoms with van der Waals surface area (Å²) >= 11 is 0. The van der Waals surface area contributed by atoms with Crippen molar-refractivity contribution in [3.8, 4) is 5.88 Å². The molecule has 1 aliphatic heterocycles. The molecule has 2 amide bonds. The summed E-state index contributed by atoms with van der Waals surface area (Å²) in [6, 6.07) is 1.25. The van der Waals surface area contributed by atoms with Crippen LogP contribution in [0.1, 0.15) is 35.6 Å². The minimum atomic E-state index is -3.54. The van der Waals surface area contributed by atoms with Crippen LogP contribution in [0.3, 0.4) is 0 Å². The van der Waals surface area contributed by atoms with E-state index in [1.165, 1.54) is 6.20 Å². The van der Waals surface area contributed by atoms with Crippen molar-refractivity contribution in [2.45, 2.75) is 62.7 Å². The number of halogens is 1. The summed E-state index contributed by atoms with van der Waals surface area (Å²) in [4.78, 5) is 12.8. The molecule has 2 heterocycles. The van der Waals surface area contributed by atoms with Crippen molar-refractivity contribution in [2.75, 3.05) is 5.32 Å². The van der Waals surface area contributed by atoms with E-state index in [1.807, 2.05) is 6.92 Å². The summed E-state index contributed by atoms with van der Waals surface area (Å²) in [7, 11) is -3.54. The largest absolute Gasteiger partial charge is 0.472 e. The monoisotopic (exact) mass is 419 g/mol. The number of aryl methyl sites for hydroxylation is 1. The third kappa shape index (κ3) is 3.10. The second-order valence-corrected chi connectivity index (χ2v) is 9.66. The number of nitrogens with one attached hydrogen (secondary N) is 1. The summed E-state index contributed by atoms with van der Waals surface area (Å²) in [6.45, 7) is 2.37. The number of aromatic nitrogens is 2. The Labute approximate surface area is 167 Å². The number of carbonyl (C=O) groups excluding carboxylic acids is 1. The Morgan fingerprint density at radius 1 is 1.38 bits per heavy atom. The van der Waals surface area contributed by atoms with Crippen molar-refractivity contribution in [2.24, 2.45) is 9.50 Å². The van der Waals surface area contributed by atoms with Crippen LogP contribution in [0.25, 0.3) is 0 Å². The molecule has 5 rings (SSSR count). The molecule has 154 valence electrons. The van der Waals surface area contributed by atoms with Crippen LogP contribution >= 0.6 is 0 Å². The molecule has 3 atom stereocenters. The molecule has 1 aromatic carbocycles. The molecule has 0 saturated carbocycles. The number of hydrogen-bond donors (Lipinski definition) is 2. The van der Waals surface area contributed by atoms with Crippen LogP contribution in [0.4, 0.5) is 14.9 Å². The topological polar surface area (TPSA) is 112 Å². The SMILES string of the molecule is C[C@@H]1Cn2ncc([S@](N)(=O)=NC(=O)Nc3c4c(cc5c3C[C@H](F)C5)CCC4)c2O1. The number of nitrogens with zero attached hydrogens (tertiary/aromatic N) is 3. The van der Waals surface area contributed by atoms with Gasteiger partial charge in [-0.15, -0.1) is 4.36 Å². The molecule has 1 aromatic heterocycles. The maximum absolute atomic E-state index is 14.0. The number of rotatable bonds is 2. The second kappa shape index (κ2) is 6.53. The highest BCUT2D eigenvalue weighted by Crippen LogP contribution is 2.39. The summed E-state index contributed by atoms with van der Waals surface area (Å²) in [5.41, 5.74) is 4.52. The number of nitrogens with two attached hydrogens (primary N) is 1. The molecule has 3 N–H and O–H groups in total. The number of urea groups is 1. The first-order chi connectivity index (χ1) is 13.8. The zero-order valence-corrected chi connectivity index (χ0v) is 16.8. The fourth-order valence-electron chi connectivity index (χ4n) is 4.53. The smallest absolute Gasteiger partial charge is 0.354 e. The van der Waals surface area contributed by atoms with Gasteiger partial charge >= 0.3 is 6.03 Å². The number of hydrogen-bond acceptors (Lipinski definition) is 4. The highest BCUT2D eigenvalue weighted by Gasteiger charge is 2.31. The lowest BCUT2D eigenvalue weighted by atomic mass is 9.99. The summed E-state index contributed by atoms with van der Waals surface area (Å²) < 4.78 is 37.9. The number of amides is 2. The molecular formula is C19H22FN5O3S. The Balaban J connectivity index is 1.49. The van der Waals surface area contributed by atoms with Crippen molar-refractivity contribution in [3.63, 3.8) is 0 Å². The molecule has 0 saturated heterocycles. The van der Waals surface area contributed by atoms with Gasteiger partial charge in [-0.3, -0.25) is 0 Å². The van der Waals surface area contributed by atoms with Crippen molar-refractivity contribution in [1.82, 2.24) is 9.78 Å². The van der Waals surface area contributed by atoms with E-state index in [9.17, 15) is 13.4 Å². The Morgan fingerprint density at radius 2 is 2.21 bits per heavy atom. The Hall–Kier alpha value is -2.46. The molecule has 0 bridgehead atoms. The average molecular weight is 419 g/mol. The Bertz CT molecular complexity index is 1150. The number of alkyl halides is 1. The van der Waals surface area contributed by atoms with Gasteiger partial charge in [-0.1, -0.05) is 6.07 Å². The summed E-state index contributed by atoms with van der Waals surface area (Å²) in [5, 5.41) is 12.8. The number of ether oxygens (including phenoxy) is 1. The van der Waals surface area contributed by atoms with Crippen LogP contribution in [0.15, 0.2) is 21.5 Å². The second-order valence-electron chi connectivity index (χ2n) is 7.90. The quantitative estimate of drug-likeness (QED) is 0.779. The average Bonchev–Trinajstić information content (AvgIpc) is 3.36. The lowest BCUT2D eigenvalue weighted by Crippen LogP contribution is -2.19. The third-order valence-corrected chi connectivity index (χ3v) is 7.08. The van der Waals surface area contributed by atoms with Crippen molar-refractivity contribution in [3.05, 3.63) is 34.5 Å². The maximum Gasteiger partial charge on any atom is 0.354 e. The lowest BCUT2D eigenvalue weighted by molar-refractivity contribution is 0.248. The van der Waals surface area contributed by atoms with Gasteiger partial charge in [-0.05, 0) is 48.4 Å². The molecule has 0 radical (unpaired) electrons. The van der Waals surface area contributed by atoms with E-state index in [-0.39, 0.29) is 23.3 Å². The number of fused-ring (bicyclic) bond motifs is 3. The van der Waals surface area contributed by atoms with E-state index >= 15 is 0 Å². The van der Waals surface area contributed by atoms with Crippen LogP contribution in [0.5, 0.6) is 5.88 Å². The molecule has 8 nitrogen and oxygen atoms in total. The maximum atomic E-state index is 14.0. The minimum absolute atomic E-state index is 0.101. The van der Waals surface area contributed by atoms with Gasteiger partial charge in [0, 0.05) is 18.5 Å². The highest BCUT2D eigenvalue weighted by atomic mass is 32.2. The van der Waals surface area contributed by atoms with Gasteiger partial charge in [-0.2, -0.15) is 5.10 Å². The Kier molecular flexibility index (Phi) is 4.18. The fraction of sp³-hybridized carbons (Fsp3) is 0.474. The van der Waals surface area contributed by atoms with E-state index in [2.05, 4.69) is 20.8 Å². The highest BCUT2D eigenvalue weighted by molar-refractivity contribution is 7.91. The van der Waals surface area contributed by atoms with Crippen LogP contribution in [0, 0.1) is 0 Å². The van der Waals surface area contributed by atoms with Crippen LogP contribution in [-0.2, 0) is 42.1 Å². The van der Waals surface area contributed by atoms with Gasteiger partial charge in [0.1, 0.15) is 17.2 Å². The molecule has 2 aromatic rings. The van der Waals surface area contributed by atoms with Gasteiger partial charge in [-0.25, -0.2) is 23.2 Å². The predicted octanol–water partition coefficient (Wildman–Crippen LogP) is 2.52. The fourth-order valence-corrected chi connectivity index (χ4v) is 5.52. The molecule has 2 aliphatic carbocycles. The molecule has 3 aliphatic rings. The van der Waals surface area contributed by atoms with Gasteiger partial charge < -0.3 is 10.1 Å². The van der Waals surface area contributed by atoms with Crippen molar-refractivity contribution >= 4 is 21.6 Å². The van der Waals surface area contributed by atoms with Gasteiger partial charge in [0.05, 0.1) is 12.7 Å². The summed E-state index contributed by atoms with van der Waals surface area (Å²) in [5.74, 6) is 0.281. The van der Waals surface area contributed by atoms with Crippen molar-refractivity contribution < 1.29 is 18.1 Å². The predicted molar refractivity (Wildman–Crippen MR) is 105 cm³/mol. The lowest BCUT2D eigenvalue weighted by Gasteiger charge is -2.15. The Morgan fingerprint density at radius 3 is 3.03 bits per heavy atom. The standard InChI is InChI=1S/C19H22FN5O3S/c1-10-9-25-18(28-10)16(8-22-25)29(21,27)24-19(26)23-17-14-4-2-3-11(14)5-12-6-13(20)7-15(12)17/h5,8,10,13H,2-4,6-7,9H2,1H3,(H3,21,23,24,26,27)/t10-,13-,29-/m1/s1. The first-order valence-electron chi connectivity index (χ1n) is 9.71. The normalized spacial score (nSPS) is 23.7. The molecular weight excluding hydrogens is 397 g/mol. The van der Waals surface area contributed by atoms with Crippen LogP contribution in [-0.4, -0.2) is 32.3 Å². The molecule has 0 spiro atoms. The van der Waals surface area contributed by atoms with Crippen LogP contribution < -0.4 is 15.2 Å². The minimum Gasteiger partial charge on any atom is -0.472 e. The van der Waals surface area contributed by atoms with E-state index < -0.39 is 22.1 Å². The number of benzene rings is 1. The van der Waals surface area contributed by atoms with E-state index in [0.717, 1.165) is 41.5 Å². The summed E-state index contributed by atoms with van der Waals surface area (Å²) in [6.07, 6.45) is 3.58. The molecule has 10 heteroatoms. The van der Waals surface area contributed by atoms with Gasteiger partial charge in [0.25, 0.3) is 0 Å². The van der Waals surface area contributed by atoms with Crippen LogP contribution in [0.2, 0.25) is 0 Å². The molecule has 29 heavy (non-hydrogen) atoms. The zero-order chi connectivity index (χ0) is 20.3. The van der Waals surface area contributed by atoms with Crippen molar-refractivity contribution in [1.29, 1.82) is 0 Å². The molecule has 0 fully saturated rings. The molecule has 0 unspecified atom stereocenters. The number of anilines is 1. The number of carbonyl (C=O) groups is 1. The van der Waals surface area contributed by atoms with E-state index in [0.29, 0.717) is 18.7 Å².